The van der Waals surface area contributed by atoms with Crippen LogP contribution in [0.25, 0.3) is 0 Å². The number of likely N-dealkylation sites (tertiary alicyclic amines) is 1. The summed E-state index contributed by atoms with van der Waals surface area (Å²) in [5.74, 6) is -1.61. The lowest BCUT2D eigenvalue weighted by molar-refractivity contribution is -0.142. The Morgan fingerprint density at radius 2 is 2.18 bits per heavy atom. The van der Waals surface area contributed by atoms with E-state index in [1.54, 1.807) is 23.3 Å². The molecule has 0 aromatic carbocycles. The van der Waals surface area contributed by atoms with Crippen LogP contribution in [0.5, 0.6) is 0 Å². The van der Waals surface area contributed by atoms with E-state index in [1.807, 2.05) is 19.9 Å². The summed E-state index contributed by atoms with van der Waals surface area (Å²) in [7, 11) is 1.68. The van der Waals surface area contributed by atoms with E-state index in [9.17, 15) is 14.7 Å². The largest absolute Gasteiger partial charge is 0.481 e. The quantitative estimate of drug-likeness (QED) is 0.876. The van der Waals surface area contributed by atoms with Crippen molar-refractivity contribution >= 4 is 23.2 Å². The number of hydrogen-bond donors (Lipinski definition) is 1. The summed E-state index contributed by atoms with van der Waals surface area (Å²) >= 11 is 1.64. The first-order valence-electron chi connectivity index (χ1n) is 5.47. The summed E-state index contributed by atoms with van der Waals surface area (Å²) in [5.41, 5.74) is 0.980. The fourth-order valence-corrected chi connectivity index (χ4v) is 3.43. The topological polar surface area (TPSA) is 57.6 Å². The monoisotopic (exact) mass is 253 g/mol. The number of carbonyl (C=O) groups excluding carboxylic acids is 1. The van der Waals surface area contributed by atoms with Crippen molar-refractivity contribution < 1.29 is 14.7 Å². The van der Waals surface area contributed by atoms with Crippen LogP contribution < -0.4 is 0 Å². The van der Waals surface area contributed by atoms with Crippen LogP contribution in [0, 0.1) is 19.8 Å². The fraction of sp³-hybridized carbons (Fsp3) is 0.500. The summed E-state index contributed by atoms with van der Waals surface area (Å²) in [6, 6.07) is 1.68. The minimum absolute atomic E-state index is 0.0920. The summed E-state index contributed by atoms with van der Waals surface area (Å²) in [6.07, 6.45) is 0.102. The molecule has 92 valence electrons. The molecule has 1 aromatic rings. The molecule has 2 atom stereocenters. The van der Waals surface area contributed by atoms with Gasteiger partial charge in [-0.15, -0.1) is 11.3 Å². The van der Waals surface area contributed by atoms with Gasteiger partial charge in [0.25, 0.3) is 0 Å². The van der Waals surface area contributed by atoms with Crippen LogP contribution in [0.3, 0.4) is 0 Å². The summed E-state index contributed by atoms with van der Waals surface area (Å²) in [6.45, 7) is 3.97. The Morgan fingerprint density at radius 3 is 2.65 bits per heavy atom. The highest BCUT2D eigenvalue weighted by molar-refractivity contribution is 7.12. The normalized spacial score (nSPS) is 24.4. The SMILES string of the molecule is Cc1cc(C2C(C(=O)O)CC(=O)N2C)c(C)s1. The molecule has 1 amide bonds. The molecule has 1 N–H and O–H groups in total. The van der Waals surface area contributed by atoms with Gasteiger partial charge in [-0.05, 0) is 25.5 Å². The zero-order chi connectivity index (χ0) is 12.7. The van der Waals surface area contributed by atoms with Crippen LogP contribution in [-0.4, -0.2) is 28.9 Å². The molecule has 1 aliphatic heterocycles. The van der Waals surface area contributed by atoms with Crippen molar-refractivity contribution in [1.29, 1.82) is 0 Å². The highest BCUT2D eigenvalue weighted by atomic mass is 32.1. The van der Waals surface area contributed by atoms with Crippen LogP contribution in [0.1, 0.15) is 27.8 Å². The zero-order valence-corrected chi connectivity index (χ0v) is 10.9. The Bertz CT molecular complexity index is 480. The Hall–Kier alpha value is -1.36. The van der Waals surface area contributed by atoms with E-state index in [0.29, 0.717) is 0 Å². The minimum atomic E-state index is -0.893. The second-order valence-electron chi connectivity index (χ2n) is 4.47. The van der Waals surface area contributed by atoms with Crippen LogP contribution in [0.15, 0.2) is 6.07 Å². The Balaban J connectivity index is 2.44. The molecule has 2 rings (SSSR count). The number of nitrogens with zero attached hydrogens (tertiary/aromatic N) is 1. The van der Waals surface area contributed by atoms with E-state index in [2.05, 4.69) is 0 Å². The van der Waals surface area contributed by atoms with Gasteiger partial charge in [-0.3, -0.25) is 9.59 Å². The number of aryl methyl sites for hydroxylation is 2. The Kier molecular flexibility index (Phi) is 2.95. The van der Waals surface area contributed by atoms with E-state index >= 15 is 0 Å². The predicted octanol–water partition coefficient (Wildman–Crippen LogP) is 1.97. The molecule has 1 saturated heterocycles. The van der Waals surface area contributed by atoms with Crippen molar-refractivity contribution in [2.45, 2.75) is 26.3 Å². The number of amides is 1. The maximum atomic E-state index is 11.7. The number of carboxylic acids is 1. The first-order valence-corrected chi connectivity index (χ1v) is 6.29. The standard InChI is InChI=1S/C12H15NO3S/c1-6-4-8(7(2)17-6)11-9(12(15)16)5-10(14)13(11)3/h4,9,11H,5H2,1-3H3,(H,15,16). The molecule has 17 heavy (non-hydrogen) atoms. The molecule has 5 heteroatoms. The van der Waals surface area contributed by atoms with Crippen LogP contribution in [0.2, 0.25) is 0 Å². The second kappa shape index (κ2) is 4.14. The van der Waals surface area contributed by atoms with E-state index in [1.165, 1.54) is 0 Å². The first-order chi connectivity index (χ1) is 7.91. The molecular formula is C12H15NO3S. The van der Waals surface area contributed by atoms with Crippen molar-refractivity contribution in [3.05, 3.63) is 21.4 Å². The highest BCUT2D eigenvalue weighted by Crippen LogP contribution is 2.40. The van der Waals surface area contributed by atoms with Gasteiger partial charge in [-0.25, -0.2) is 0 Å². The molecule has 0 saturated carbocycles. The molecule has 1 aromatic heterocycles. The minimum Gasteiger partial charge on any atom is -0.481 e. The maximum Gasteiger partial charge on any atom is 0.309 e. The number of rotatable bonds is 2. The van der Waals surface area contributed by atoms with Gasteiger partial charge < -0.3 is 10.0 Å². The van der Waals surface area contributed by atoms with Crippen molar-refractivity contribution in [2.75, 3.05) is 7.05 Å². The molecule has 2 unspecified atom stereocenters. The van der Waals surface area contributed by atoms with Crippen molar-refractivity contribution in [1.82, 2.24) is 4.90 Å². The van der Waals surface area contributed by atoms with Gasteiger partial charge in [0.05, 0.1) is 12.0 Å². The van der Waals surface area contributed by atoms with Crippen LogP contribution in [-0.2, 0) is 9.59 Å². The first kappa shape index (κ1) is 12.1. The Labute approximate surface area is 104 Å². The smallest absolute Gasteiger partial charge is 0.309 e. The second-order valence-corrected chi connectivity index (χ2v) is 5.93. The fourth-order valence-electron chi connectivity index (χ4n) is 2.46. The van der Waals surface area contributed by atoms with Gasteiger partial charge in [0.1, 0.15) is 0 Å². The molecule has 2 heterocycles. The van der Waals surface area contributed by atoms with Gasteiger partial charge in [0, 0.05) is 23.2 Å². The van der Waals surface area contributed by atoms with Crippen molar-refractivity contribution in [2.24, 2.45) is 5.92 Å². The number of thiophene rings is 1. The van der Waals surface area contributed by atoms with Crippen LogP contribution >= 0.6 is 11.3 Å². The van der Waals surface area contributed by atoms with Crippen molar-refractivity contribution in [3.8, 4) is 0 Å². The Morgan fingerprint density at radius 1 is 1.53 bits per heavy atom. The van der Waals surface area contributed by atoms with Crippen LogP contribution in [0.4, 0.5) is 0 Å². The van der Waals surface area contributed by atoms with E-state index < -0.39 is 11.9 Å². The van der Waals surface area contributed by atoms with Gasteiger partial charge in [-0.1, -0.05) is 0 Å². The lowest BCUT2D eigenvalue weighted by atomic mass is 9.94. The van der Waals surface area contributed by atoms with E-state index in [-0.39, 0.29) is 18.4 Å². The molecular weight excluding hydrogens is 238 g/mol. The molecule has 0 aliphatic carbocycles. The average Bonchev–Trinajstić information content (AvgIpc) is 2.69. The zero-order valence-electron chi connectivity index (χ0n) is 10.1. The van der Waals surface area contributed by atoms with Crippen molar-refractivity contribution in [3.63, 3.8) is 0 Å². The predicted molar refractivity (Wildman–Crippen MR) is 65.0 cm³/mol. The highest BCUT2D eigenvalue weighted by Gasteiger charge is 2.43. The summed E-state index contributed by atoms with van der Waals surface area (Å²) in [4.78, 5) is 26.7. The van der Waals surface area contributed by atoms with Gasteiger partial charge >= 0.3 is 5.97 Å². The number of aliphatic carboxylic acids is 1. The van der Waals surface area contributed by atoms with E-state index in [4.69, 9.17) is 0 Å². The molecule has 1 fully saturated rings. The van der Waals surface area contributed by atoms with Gasteiger partial charge in [0.15, 0.2) is 0 Å². The lowest BCUT2D eigenvalue weighted by Gasteiger charge is -2.23. The van der Waals surface area contributed by atoms with Gasteiger partial charge in [-0.2, -0.15) is 0 Å². The summed E-state index contributed by atoms with van der Waals surface area (Å²) in [5, 5.41) is 9.20. The third-order valence-electron chi connectivity index (χ3n) is 3.30. The molecule has 0 spiro atoms. The van der Waals surface area contributed by atoms with Gasteiger partial charge in [0.2, 0.25) is 5.91 Å². The average molecular weight is 253 g/mol. The number of carbonyl (C=O) groups is 2. The number of carboxylic acid groups (broad SMARTS) is 1. The molecule has 0 bridgehead atoms. The third kappa shape index (κ3) is 1.95. The summed E-state index contributed by atoms with van der Waals surface area (Å²) < 4.78 is 0. The third-order valence-corrected chi connectivity index (χ3v) is 4.28. The molecule has 0 radical (unpaired) electrons. The number of hydrogen-bond acceptors (Lipinski definition) is 3. The molecule has 1 aliphatic rings. The molecule has 4 nitrogen and oxygen atoms in total. The lowest BCUT2D eigenvalue weighted by Crippen LogP contribution is -2.27. The maximum absolute atomic E-state index is 11.7. The van der Waals surface area contributed by atoms with E-state index in [0.717, 1.165) is 15.3 Å².